The fraction of sp³-hybridized carbons (Fsp3) is 0.444. The number of hydrogen-bond donors (Lipinski definition) is 2. The molecular formula is C9H13NO2S. The average molecular weight is 199 g/mol. The first kappa shape index (κ1) is 10.2. The number of hydrogen-bond acceptors (Lipinski definition) is 3. The van der Waals surface area contributed by atoms with E-state index in [1.165, 1.54) is 11.3 Å². The van der Waals surface area contributed by atoms with Gasteiger partial charge in [-0.05, 0) is 17.9 Å². The highest BCUT2D eigenvalue weighted by molar-refractivity contribution is 7.12. The van der Waals surface area contributed by atoms with Crippen molar-refractivity contribution >= 4 is 17.2 Å². The summed E-state index contributed by atoms with van der Waals surface area (Å²) in [6.45, 7) is 1.92. The van der Waals surface area contributed by atoms with Crippen molar-refractivity contribution < 1.29 is 9.90 Å². The third-order valence-corrected chi connectivity index (χ3v) is 2.66. The maximum absolute atomic E-state index is 11.4. The van der Waals surface area contributed by atoms with Gasteiger partial charge in [-0.3, -0.25) is 4.79 Å². The van der Waals surface area contributed by atoms with Gasteiger partial charge in [-0.15, -0.1) is 11.3 Å². The zero-order valence-electron chi connectivity index (χ0n) is 7.49. The molecule has 0 aromatic carbocycles. The van der Waals surface area contributed by atoms with E-state index >= 15 is 0 Å². The number of aliphatic hydroxyl groups is 1. The first-order chi connectivity index (χ1) is 6.27. The zero-order valence-corrected chi connectivity index (χ0v) is 8.30. The molecule has 0 aliphatic rings. The lowest BCUT2D eigenvalue weighted by atomic mass is 10.2. The van der Waals surface area contributed by atoms with Gasteiger partial charge in [0.25, 0.3) is 5.91 Å². The fourth-order valence-electron chi connectivity index (χ4n) is 0.941. The van der Waals surface area contributed by atoms with Crippen molar-refractivity contribution in [1.82, 2.24) is 5.32 Å². The molecule has 2 N–H and O–H groups in total. The van der Waals surface area contributed by atoms with Crippen molar-refractivity contribution in [2.45, 2.75) is 19.4 Å². The molecule has 13 heavy (non-hydrogen) atoms. The molecule has 4 heteroatoms. The SMILES string of the molecule is CCC(CO)NC(=O)c1cccs1. The molecule has 1 aromatic heterocycles. The van der Waals surface area contributed by atoms with Crippen LogP contribution >= 0.6 is 11.3 Å². The molecule has 0 fully saturated rings. The van der Waals surface area contributed by atoms with Gasteiger partial charge in [0, 0.05) is 0 Å². The Morgan fingerprint density at radius 1 is 1.77 bits per heavy atom. The van der Waals surface area contributed by atoms with E-state index in [2.05, 4.69) is 5.32 Å². The van der Waals surface area contributed by atoms with E-state index in [0.717, 1.165) is 6.42 Å². The standard InChI is InChI=1S/C9H13NO2S/c1-2-7(6-11)10-9(12)8-4-3-5-13-8/h3-5,7,11H,2,6H2,1H3,(H,10,12). The fourth-order valence-corrected chi connectivity index (χ4v) is 1.57. The lowest BCUT2D eigenvalue weighted by molar-refractivity contribution is 0.0919. The molecule has 0 saturated heterocycles. The Bertz CT molecular complexity index is 255. The Hall–Kier alpha value is -0.870. The topological polar surface area (TPSA) is 49.3 Å². The summed E-state index contributed by atoms with van der Waals surface area (Å²) >= 11 is 1.40. The summed E-state index contributed by atoms with van der Waals surface area (Å²) in [6.07, 6.45) is 0.744. The highest BCUT2D eigenvalue weighted by Crippen LogP contribution is 2.08. The highest BCUT2D eigenvalue weighted by atomic mass is 32.1. The second-order valence-electron chi connectivity index (χ2n) is 2.74. The molecule has 1 heterocycles. The van der Waals surface area contributed by atoms with Crippen molar-refractivity contribution in [3.63, 3.8) is 0 Å². The number of nitrogens with one attached hydrogen (secondary N) is 1. The molecule has 1 atom stereocenters. The smallest absolute Gasteiger partial charge is 0.261 e. The van der Waals surface area contributed by atoms with Crippen molar-refractivity contribution in [3.8, 4) is 0 Å². The maximum Gasteiger partial charge on any atom is 0.261 e. The molecule has 1 unspecified atom stereocenters. The minimum absolute atomic E-state index is 0.00633. The molecule has 3 nitrogen and oxygen atoms in total. The third-order valence-electron chi connectivity index (χ3n) is 1.79. The van der Waals surface area contributed by atoms with Gasteiger partial charge in [0.15, 0.2) is 0 Å². The number of amides is 1. The van der Waals surface area contributed by atoms with Crippen LogP contribution in [0.25, 0.3) is 0 Å². The highest BCUT2D eigenvalue weighted by Gasteiger charge is 2.11. The van der Waals surface area contributed by atoms with Crippen LogP contribution < -0.4 is 5.32 Å². The first-order valence-corrected chi connectivity index (χ1v) is 5.11. The Labute approximate surface area is 81.4 Å². The second kappa shape index (κ2) is 4.99. The lowest BCUT2D eigenvalue weighted by Gasteiger charge is -2.12. The van der Waals surface area contributed by atoms with E-state index in [1.54, 1.807) is 6.07 Å². The first-order valence-electron chi connectivity index (χ1n) is 4.23. The van der Waals surface area contributed by atoms with Crippen LogP contribution in [0.2, 0.25) is 0 Å². The van der Waals surface area contributed by atoms with Gasteiger partial charge < -0.3 is 10.4 Å². The third kappa shape index (κ3) is 2.82. The monoisotopic (exact) mass is 199 g/mol. The van der Waals surface area contributed by atoms with Crippen LogP contribution in [0.4, 0.5) is 0 Å². The van der Waals surface area contributed by atoms with Crippen molar-refractivity contribution in [1.29, 1.82) is 0 Å². The Morgan fingerprint density at radius 3 is 3.00 bits per heavy atom. The average Bonchev–Trinajstić information content (AvgIpc) is 2.66. The molecule has 0 spiro atoms. The van der Waals surface area contributed by atoms with Crippen LogP contribution in [-0.4, -0.2) is 23.7 Å². The summed E-state index contributed by atoms with van der Waals surface area (Å²) in [5, 5.41) is 13.5. The quantitative estimate of drug-likeness (QED) is 0.766. The zero-order chi connectivity index (χ0) is 9.68. The predicted octanol–water partition coefficient (Wildman–Crippen LogP) is 1.25. The van der Waals surface area contributed by atoms with Crippen LogP contribution in [-0.2, 0) is 0 Å². The van der Waals surface area contributed by atoms with Crippen molar-refractivity contribution in [2.75, 3.05) is 6.61 Å². The van der Waals surface area contributed by atoms with Crippen molar-refractivity contribution in [2.24, 2.45) is 0 Å². The van der Waals surface area contributed by atoms with E-state index in [4.69, 9.17) is 5.11 Å². The van der Waals surface area contributed by atoms with Crippen LogP contribution in [0.15, 0.2) is 17.5 Å². The van der Waals surface area contributed by atoms with Gasteiger partial charge in [0.1, 0.15) is 0 Å². The number of carbonyl (C=O) groups is 1. The molecule has 1 amide bonds. The lowest BCUT2D eigenvalue weighted by Crippen LogP contribution is -2.36. The molecule has 0 radical (unpaired) electrons. The van der Waals surface area contributed by atoms with Crippen LogP contribution in [0, 0.1) is 0 Å². The molecule has 1 aromatic rings. The number of rotatable bonds is 4. The van der Waals surface area contributed by atoms with Gasteiger partial charge >= 0.3 is 0 Å². The molecule has 0 aliphatic heterocycles. The van der Waals surface area contributed by atoms with E-state index in [1.807, 2.05) is 18.4 Å². The Kier molecular flexibility index (Phi) is 3.92. The van der Waals surface area contributed by atoms with E-state index in [9.17, 15) is 4.79 Å². The summed E-state index contributed by atoms with van der Waals surface area (Å²) in [7, 11) is 0. The van der Waals surface area contributed by atoms with Crippen LogP contribution in [0.3, 0.4) is 0 Å². The van der Waals surface area contributed by atoms with E-state index < -0.39 is 0 Å². The Balaban J connectivity index is 2.50. The van der Waals surface area contributed by atoms with E-state index in [0.29, 0.717) is 4.88 Å². The van der Waals surface area contributed by atoms with Gasteiger partial charge in [-0.25, -0.2) is 0 Å². The molecule has 1 rings (SSSR count). The van der Waals surface area contributed by atoms with E-state index in [-0.39, 0.29) is 18.6 Å². The summed E-state index contributed by atoms with van der Waals surface area (Å²) in [4.78, 5) is 12.1. The summed E-state index contributed by atoms with van der Waals surface area (Å²) in [5.41, 5.74) is 0. The summed E-state index contributed by atoms with van der Waals surface area (Å²) < 4.78 is 0. The number of aliphatic hydroxyl groups excluding tert-OH is 1. The minimum atomic E-state index is -0.130. The summed E-state index contributed by atoms with van der Waals surface area (Å²) in [6, 6.07) is 3.47. The number of carbonyl (C=O) groups excluding carboxylic acids is 1. The normalized spacial score (nSPS) is 12.5. The van der Waals surface area contributed by atoms with Gasteiger partial charge in [-0.1, -0.05) is 13.0 Å². The molecule has 0 aliphatic carbocycles. The minimum Gasteiger partial charge on any atom is -0.394 e. The van der Waals surface area contributed by atoms with Gasteiger partial charge in [-0.2, -0.15) is 0 Å². The van der Waals surface area contributed by atoms with Crippen LogP contribution in [0.1, 0.15) is 23.0 Å². The van der Waals surface area contributed by atoms with Gasteiger partial charge in [0.2, 0.25) is 0 Å². The van der Waals surface area contributed by atoms with Crippen molar-refractivity contribution in [3.05, 3.63) is 22.4 Å². The molecule has 72 valence electrons. The Morgan fingerprint density at radius 2 is 2.54 bits per heavy atom. The molecule has 0 bridgehead atoms. The summed E-state index contributed by atoms with van der Waals surface area (Å²) in [5.74, 6) is -0.101. The maximum atomic E-state index is 11.4. The predicted molar refractivity (Wildman–Crippen MR) is 53.0 cm³/mol. The van der Waals surface area contributed by atoms with Crippen LogP contribution in [0.5, 0.6) is 0 Å². The second-order valence-corrected chi connectivity index (χ2v) is 3.69. The van der Waals surface area contributed by atoms with Gasteiger partial charge in [0.05, 0.1) is 17.5 Å². The largest absolute Gasteiger partial charge is 0.394 e. The number of thiophene rings is 1. The molecular weight excluding hydrogens is 186 g/mol. The molecule has 0 saturated carbocycles.